The normalized spacial score (nSPS) is 11.8. The number of hydrogen-bond acceptors (Lipinski definition) is 1. The summed E-state index contributed by atoms with van der Waals surface area (Å²) in [5, 5.41) is 8.60. The van der Waals surface area contributed by atoms with Gasteiger partial charge in [0.15, 0.2) is 0 Å². The van der Waals surface area contributed by atoms with Gasteiger partial charge in [-0.1, -0.05) is 26.7 Å². The van der Waals surface area contributed by atoms with E-state index in [9.17, 15) is 4.79 Å². The fourth-order valence-electron chi connectivity index (χ4n) is 0.953. The number of carboxylic acids is 1. The van der Waals surface area contributed by atoms with Gasteiger partial charge in [0, 0.05) is 37.3 Å². The Morgan fingerprint density at radius 3 is 2.27 bits per heavy atom. The van der Waals surface area contributed by atoms with E-state index >= 15 is 0 Å². The number of carboxylic acid groups (broad SMARTS) is 1. The summed E-state index contributed by atoms with van der Waals surface area (Å²) in [7, 11) is 0. The van der Waals surface area contributed by atoms with Gasteiger partial charge >= 0.3 is 5.97 Å². The maximum absolute atomic E-state index is 10.4. The third-order valence-electron chi connectivity index (χ3n) is 1.75. The Balaban J connectivity index is 0. The Labute approximate surface area is 98.0 Å². The molecule has 0 rings (SSSR count). The van der Waals surface area contributed by atoms with E-state index in [0.717, 1.165) is 25.7 Å². The largest absolute Gasteiger partial charge is 0.481 e. The summed E-state index contributed by atoms with van der Waals surface area (Å²) >= 11 is 0. The van der Waals surface area contributed by atoms with Gasteiger partial charge in [-0.05, 0) is 12.8 Å². The molecule has 1 atom stereocenters. The first-order chi connectivity index (χ1) is 4.72. The van der Waals surface area contributed by atoms with Crippen molar-refractivity contribution in [3.05, 3.63) is 0 Å². The number of hydrogen-bond donors (Lipinski definition) is 1. The number of carbonyl (C=O) groups is 1. The molecule has 0 aliphatic heterocycles. The first-order valence-electron chi connectivity index (χ1n) is 3.95. The van der Waals surface area contributed by atoms with E-state index in [1.165, 1.54) is 0 Å². The molecule has 0 heterocycles. The summed E-state index contributed by atoms with van der Waals surface area (Å²) in [5.74, 6) is -0.754. The standard InChI is InChI=1S/C8H16O2.Er/c1-3-5-6-7(4-2)8(9)10;/h7H,3-6H2,1-2H3,(H,9,10);. The molecule has 0 fully saturated rings. The van der Waals surface area contributed by atoms with Crippen molar-refractivity contribution in [1.82, 2.24) is 0 Å². The summed E-state index contributed by atoms with van der Waals surface area (Å²) in [4.78, 5) is 10.4. The quantitative estimate of drug-likeness (QED) is 0.846. The van der Waals surface area contributed by atoms with Gasteiger partial charge in [-0.25, -0.2) is 0 Å². The molecule has 0 aromatic rings. The summed E-state index contributed by atoms with van der Waals surface area (Å²) < 4.78 is 0. The Kier molecular flexibility index (Phi) is 11.4. The fraction of sp³-hybridized carbons (Fsp3) is 0.875. The van der Waals surface area contributed by atoms with E-state index in [0.29, 0.717) is 0 Å². The summed E-state index contributed by atoms with van der Waals surface area (Å²) in [6.07, 6.45) is 3.71. The molecule has 1 N–H and O–H groups in total. The van der Waals surface area contributed by atoms with Crippen molar-refractivity contribution < 1.29 is 47.2 Å². The molecule has 3 heteroatoms. The molecule has 0 aromatic carbocycles. The van der Waals surface area contributed by atoms with E-state index in [2.05, 4.69) is 6.92 Å². The minimum Gasteiger partial charge on any atom is -0.481 e. The van der Waals surface area contributed by atoms with Crippen LogP contribution >= 0.6 is 0 Å². The van der Waals surface area contributed by atoms with Crippen LogP contribution in [0.25, 0.3) is 0 Å². The Morgan fingerprint density at radius 2 is 2.00 bits per heavy atom. The smallest absolute Gasteiger partial charge is 0.306 e. The molecule has 0 radical (unpaired) electrons. The van der Waals surface area contributed by atoms with E-state index < -0.39 is 5.97 Å². The predicted octanol–water partition coefficient (Wildman–Crippen LogP) is 2.29. The molecule has 0 aromatic heterocycles. The second-order valence-corrected chi connectivity index (χ2v) is 2.59. The zero-order chi connectivity index (χ0) is 7.98. The van der Waals surface area contributed by atoms with Crippen LogP contribution in [-0.4, -0.2) is 11.1 Å². The molecule has 0 saturated heterocycles. The van der Waals surface area contributed by atoms with Gasteiger partial charge in [0.1, 0.15) is 0 Å². The molecule has 72 valence electrons. The third kappa shape index (κ3) is 7.09. The van der Waals surface area contributed by atoms with Crippen molar-refractivity contribution in [3.63, 3.8) is 0 Å². The van der Waals surface area contributed by atoms with Crippen LogP contribution in [0, 0.1) is 43.2 Å². The average Bonchev–Trinajstić information content (AvgIpc) is 1.89. The van der Waals surface area contributed by atoms with Crippen LogP contribution in [-0.2, 0) is 4.79 Å². The third-order valence-corrected chi connectivity index (χ3v) is 1.75. The van der Waals surface area contributed by atoms with E-state index in [4.69, 9.17) is 5.11 Å². The van der Waals surface area contributed by atoms with Gasteiger partial charge in [-0.3, -0.25) is 4.79 Å². The molecule has 0 bridgehead atoms. The molecule has 11 heavy (non-hydrogen) atoms. The van der Waals surface area contributed by atoms with Crippen LogP contribution in [0.2, 0.25) is 0 Å². The summed E-state index contributed by atoms with van der Waals surface area (Å²) in [6, 6.07) is 0. The Morgan fingerprint density at radius 1 is 1.45 bits per heavy atom. The predicted molar refractivity (Wildman–Crippen MR) is 40.9 cm³/mol. The van der Waals surface area contributed by atoms with Crippen molar-refractivity contribution in [2.75, 3.05) is 0 Å². The molecule has 0 amide bonds. The minimum atomic E-state index is -0.643. The molecule has 0 aliphatic carbocycles. The number of unbranched alkanes of at least 4 members (excludes halogenated alkanes) is 1. The van der Waals surface area contributed by atoms with Gasteiger partial charge in [0.2, 0.25) is 0 Å². The molecule has 1 unspecified atom stereocenters. The van der Waals surface area contributed by atoms with Crippen molar-refractivity contribution >= 4 is 5.97 Å². The molecule has 0 aliphatic rings. The molecular formula is C8H16ErO2. The second kappa shape index (κ2) is 8.81. The maximum Gasteiger partial charge on any atom is 0.306 e. The number of rotatable bonds is 5. The van der Waals surface area contributed by atoms with Gasteiger partial charge < -0.3 is 5.11 Å². The van der Waals surface area contributed by atoms with E-state index in [-0.39, 0.29) is 43.2 Å². The van der Waals surface area contributed by atoms with Gasteiger partial charge in [-0.2, -0.15) is 0 Å². The first-order valence-corrected chi connectivity index (χ1v) is 3.95. The van der Waals surface area contributed by atoms with Crippen molar-refractivity contribution in [3.8, 4) is 0 Å². The summed E-state index contributed by atoms with van der Waals surface area (Å²) in [5.41, 5.74) is 0. The van der Waals surface area contributed by atoms with Crippen molar-refractivity contribution in [2.45, 2.75) is 39.5 Å². The monoisotopic (exact) mass is 310 g/mol. The maximum atomic E-state index is 10.4. The zero-order valence-corrected chi connectivity index (χ0v) is 8.90. The Hall–Kier alpha value is 0.717. The van der Waals surface area contributed by atoms with Crippen molar-refractivity contribution in [2.24, 2.45) is 5.92 Å². The molecule has 2 nitrogen and oxygen atoms in total. The van der Waals surface area contributed by atoms with Crippen LogP contribution in [0.4, 0.5) is 0 Å². The van der Waals surface area contributed by atoms with Crippen LogP contribution < -0.4 is 0 Å². The topological polar surface area (TPSA) is 37.3 Å². The number of aliphatic carboxylic acids is 1. The van der Waals surface area contributed by atoms with Gasteiger partial charge in [0.25, 0.3) is 0 Å². The van der Waals surface area contributed by atoms with Crippen LogP contribution in [0.1, 0.15) is 39.5 Å². The second-order valence-electron chi connectivity index (χ2n) is 2.59. The van der Waals surface area contributed by atoms with E-state index in [1.807, 2.05) is 6.92 Å². The molecular weight excluding hydrogens is 295 g/mol. The average molecular weight is 311 g/mol. The molecule has 0 spiro atoms. The van der Waals surface area contributed by atoms with E-state index in [1.54, 1.807) is 0 Å². The SMILES string of the molecule is CCCCC(CC)C(=O)O.[Er]. The minimum absolute atomic E-state index is 0. The van der Waals surface area contributed by atoms with Gasteiger partial charge in [-0.15, -0.1) is 0 Å². The zero-order valence-electron chi connectivity index (χ0n) is 7.05. The molecule has 0 saturated carbocycles. The van der Waals surface area contributed by atoms with Crippen molar-refractivity contribution in [1.29, 1.82) is 0 Å². The Bertz CT molecular complexity index is 104. The first kappa shape index (κ1) is 14.3. The summed E-state index contributed by atoms with van der Waals surface area (Å²) in [6.45, 7) is 4.00. The van der Waals surface area contributed by atoms with Crippen LogP contribution in [0.3, 0.4) is 0 Å². The van der Waals surface area contributed by atoms with Crippen LogP contribution in [0.15, 0.2) is 0 Å². The van der Waals surface area contributed by atoms with Crippen LogP contribution in [0.5, 0.6) is 0 Å². The fourth-order valence-corrected chi connectivity index (χ4v) is 0.953. The van der Waals surface area contributed by atoms with Gasteiger partial charge in [0.05, 0.1) is 5.92 Å².